The van der Waals surface area contributed by atoms with Crippen molar-refractivity contribution in [3.05, 3.63) is 35.9 Å². The van der Waals surface area contributed by atoms with Crippen molar-refractivity contribution in [1.29, 1.82) is 0 Å². The molecule has 0 bridgehead atoms. The van der Waals surface area contributed by atoms with E-state index in [1.807, 2.05) is 18.2 Å². The van der Waals surface area contributed by atoms with Crippen molar-refractivity contribution in [3.8, 4) is 0 Å². The maximum atomic E-state index is 11.1. The van der Waals surface area contributed by atoms with Gasteiger partial charge in [0.05, 0.1) is 12.5 Å². The highest BCUT2D eigenvalue weighted by molar-refractivity contribution is 5.70. The summed E-state index contributed by atoms with van der Waals surface area (Å²) in [6.45, 7) is 0. The lowest BCUT2D eigenvalue weighted by molar-refractivity contribution is -0.160. The number of benzene rings is 1. The Morgan fingerprint density at radius 1 is 1.29 bits per heavy atom. The van der Waals surface area contributed by atoms with Crippen molar-refractivity contribution >= 4 is 5.97 Å². The van der Waals surface area contributed by atoms with Gasteiger partial charge in [0, 0.05) is 6.42 Å². The highest BCUT2D eigenvalue weighted by Crippen LogP contribution is 2.19. The lowest BCUT2D eigenvalue weighted by Gasteiger charge is -2.25. The molecule has 92 valence electrons. The van der Waals surface area contributed by atoms with Crippen LogP contribution in [0.2, 0.25) is 0 Å². The fourth-order valence-electron chi connectivity index (χ4n) is 2.22. The SMILES string of the molecule is O=C1C[C@@H](O)C[C@@H](CCCc2ccccc2)O1. The summed E-state index contributed by atoms with van der Waals surface area (Å²) in [6, 6.07) is 10.3. The van der Waals surface area contributed by atoms with Gasteiger partial charge in [0.2, 0.25) is 0 Å². The number of carbonyl (C=O) groups is 1. The van der Waals surface area contributed by atoms with E-state index >= 15 is 0 Å². The molecule has 1 N–H and O–H groups in total. The number of ether oxygens (including phenoxy) is 1. The lowest BCUT2D eigenvalue weighted by Crippen LogP contribution is -2.32. The molecule has 0 amide bonds. The summed E-state index contributed by atoms with van der Waals surface area (Å²) in [4.78, 5) is 11.1. The molecular formula is C14H18O3. The molecule has 0 aromatic heterocycles. The van der Waals surface area contributed by atoms with Crippen molar-refractivity contribution in [2.24, 2.45) is 0 Å². The van der Waals surface area contributed by atoms with E-state index in [-0.39, 0.29) is 18.5 Å². The van der Waals surface area contributed by atoms with Crippen LogP contribution >= 0.6 is 0 Å². The van der Waals surface area contributed by atoms with Crippen molar-refractivity contribution in [1.82, 2.24) is 0 Å². The Hall–Kier alpha value is -1.35. The molecule has 17 heavy (non-hydrogen) atoms. The minimum atomic E-state index is -0.516. The molecule has 0 radical (unpaired) electrons. The molecule has 1 heterocycles. The van der Waals surface area contributed by atoms with Gasteiger partial charge < -0.3 is 9.84 Å². The van der Waals surface area contributed by atoms with Gasteiger partial charge in [-0.25, -0.2) is 0 Å². The zero-order valence-corrected chi connectivity index (χ0v) is 9.84. The standard InChI is InChI=1S/C14H18O3/c15-12-9-13(17-14(16)10-12)8-4-7-11-5-2-1-3-6-11/h1-3,5-6,12-13,15H,4,7-10H2/t12-,13+/m0/s1. The zero-order chi connectivity index (χ0) is 12.1. The van der Waals surface area contributed by atoms with E-state index in [1.165, 1.54) is 5.56 Å². The quantitative estimate of drug-likeness (QED) is 0.811. The lowest BCUT2D eigenvalue weighted by atomic mass is 9.99. The summed E-state index contributed by atoms with van der Waals surface area (Å²) >= 11 is 0. The van der Waals surface area contributed by atoms with Gasteiger partial charge in [0.25, 0.3) is 0 Å². The van der Waals surface area contributed by atoms with Gasteiger partial charge in [-0.1, -0.05) is 30.3 Å². The monoisotopic (exact) mass is 234 g/mol. The van der Waals surface area contributed by atoms with Crippen LogP contribution in [0.15, 0.2) is 30.3 Å². The van der Waals surface area contributed by atoms with Crippen molar-refractivity contribution in [2.75, 3.05) is 0 Å². The van der Waals surface area contributed by atoms with Crippen molar-refractivity contribution in [3.63, 3.8) is 0 Å². The van der Waals surface area contributed by atoms with E-state index in [0.29, 0.717) is 6.42 Å². The van der Waals surface area contributed by atoms with Crippen LogP contribution in [0, 0.1) is 0 Å². The third kappa shape index (κ3) is 3.86. The van der Waals surface area contributed by atoms with Crippen LogP contribution in [0.25, 0.3) is 0 Å². The van der Waals surface area contributed by atoms with Gasteiger partial charge in [-0.15, -0.1) is 0 Å². The number of hydrogen-bond donors (Lipinski definition) is 1. The highest BCUT2D eigenvalue weighted by Gasteiger charge is 2.26. The van der Waals surface area contributed by atoms with Gasteiger partial charge >= 0.3 is 5.97 Å². The molecule has 0 saturated carbocycles. The Morgan fingerprint density at radius 3 is 2.76 bits per heavy atom. The molecule has 2 atom stereocenters. The van der Waals surface area contributed by atoms with Gasteiger partial charge in [-0.2, -0.15) is 0 Å². The first-order chi connectivity index (χ1) is 8.24. The molecule has 1 aliphatic rings. The molecule has 1 aliphatic heterocycles. The third-order valence-electron chi connectivity index (χ3n) is 3.07. The average Bonchev–Trinajstić information content (AvgIpc) is 2.29. The molecule has 0 aliphatic carbocycles. The predicted octanol–water partition coefficient (Wildman–Crippen LogP) is 2.08. The second-order valence-corrected chi connectivity index (χ2v) is 4.58. The fraction of sp³-hybridized carbons (Fsp3) is 0.500. The number of cyclic esters (lactones) is 1. The number of hydrogen-bond acceptors (Lipinski definition) is 3. The summed E-state index contributed by atoms with van der Waals surface area (Å²) in [5.74, 6) is -0.270. The Labute approximate surface area is 101 Å². The summed E-state index contributed by atoms with van der Waals surface area (Å²) in [7, 11) is 0. The maximum absolute atomic E-state index is 11.1. The van der Waals surface area contributed by atoms with E-state index in [1.54, 1.807) is 0 Å². The molecule has 0 unspecified atom stereocenters. The Kier molecular flexibility index (Phi) is 4.15. The molecule has 1 saturated heterocycles. The Balaban J connectivity index is 1.73. The summed E-state index contributed by atoms with van der Waals surface area (Å²) in [6.07, 6.45) is 2.92. The predicted molar refractivity (Wildman–Crippen MR) is 64.5 cm³/mol. The first kappa shape index (κ1) is 12.1. The van der Waals surface area contributed by atoms with Gasteiger partial charge in [0.1, 0.15) is 6.10 Å². The van der Waals surface area contributed by atoms with Gasteiger partial charge in [-0.3, -0.25) is 4.79 Å². The normalized spacial score (nSPS) is 24.4. The van der Waals surface area contributed by atoms with E-state index in [9.17, 15) is 9.90 Å². The van der Waals surface area contributed by atoms with Crippen molar-refractivity contribution < 1.29 is 14.6 Å². The van der Waals surface area contributed by atoms with E-state index in [4.69, 9.17) is 4.74 Å². The molecule has 3 heteroatoms. The number of aliphatic hydroxyl groups excluding tert-OH is 1. The Bertz CT molecular complexity index is 361. The van der Waals surface area contributed by atoms with Gasteiger partial charge in [0.15, 0.2) is 0 Å². The van der Waals surface area contributed by atoms with Gasteiger partial charge in [-0.05, 0) is 24.8 Å². The third-order valence-corrected chi connectivity index (χ3v) is 3.07. The Morgan fingerprint density at radius 2 is 2.06 bits per heavy atom. The minimum absolute atomic E-state index is 0.102. The summed E-state index contributed by atoms with van der Waals surface area (Å²) in [5, 5.41) is 9.47. The second-order valence-electron chi connectivity index (χ2n) is 4.58. The fourth-order valence-corrected chi connectivity index (χ4v) is 2.22. The molecule has 0 spiro atoms. The average molecular weight is 234 g/mol. The first-order valence-electron chi connectivity index (χ1n) is 6.15. The molecule has 1 aromatic carbocycles. The first-order valence-corrected chi connectivity index (χ1v) is 6.15. The molecular weight excluding hydrogens is 216 g/mol. The topological polar surface area (TPSA) is 46.5 Å². The van der Waals surface area contributed by atoms with E-state index < -0.39 is 6.10 Å². The largest absolute Gasteiger partial charge is 0.462 e. The van der Waals surface area contributed by atoms with Crippen molar-refractivity contribution in [2.45, 2.75) is 44.3 Å². The number of carbonyl (C=O) groups excluding carboxylic acids is 1. The van der Waals surface area contributed by atoms with E-state index in [0.717, 1.165) is 19.3 Å². The molecule has 1 aromatic rings. The van der Waals surface area contributed by atoms with Crippen LogP contribution in [0.5, 0.6) is 0 Å². The minimum Gasteiger partial charge on any atom is -0.462 e. The smallest absolute Gasteiger partial charge is 0.308 e. The number of aryl methyl sites for hydroxylation is 1. The van der Waals surface area contributed by atoms with Crippen LogP contribution in [-0.2, 0) is 16.0 Å². The maximum Gasteiger partial charge on any atom is 0.308 e. The van der Waals surface area contributed by atoms with Crippen LogP contribution in [0.3, 0.4) is 0 Å². The molecule has 2 rings (SSSR count). The van der Waals surface area contributed by atoms with E-state index in [2.05, 4.69) is 12.1 Å². The number of aliphatic hydroxyl groups is 1. The highest BCUT2D eigenvalue weighted by atomic mass is 16.5. The van der Waals surface area contributed by atoms with Crippen LogP contribution in [0.1, 0.15) is 31.2 Å². The molecule has 3 nitrogen and oxygen atoms in total. The molecule has 1 fully saturated rings. The summed E-state index contributed by atoms with van der Waals surface area (Å²) in [5.41, 5.74) is 1.30. The van der Waals surface area contributed by atoms with Crippen LogP contribution in [-0.4, -0.2) is 23.3 Å². The summed E-state index contributed by atoms with van der Waals surface area (Å²) < 4.78 is 5.20. The van der Waals surface area contributed by atoms with Crippen LogP contribution < -0.4 is 0 Å². The number of rotatable bonds is 4. The van der Waals surface area contributed by atoms with Crippen LogP contribution in [0.4, 0.5) is 0 Å². The zero-order valence-electron chi connectivity index (χ0n) is 9.84. The second kappa shape index (κ2) is 5.82. The number of esters is 1.